The molecule has 2 aromatic carbocycles. The van der Waals surface area contributed by atoms with Crippen molar-refractivity contribution < 1.29 is 14.8 Å². The lowest BCUT2D eigenvalue weighted by molar-refractivity contribution is -0.384. The largest absolute Gasteiger partial charge is 0.478 e. The molecular weight excluding hydrogens is 282 g/mol. The molecule has 0 radical (unpaired) electrons. The molecular formula is C14H10ClNO4. The van der Waals surface area contributed by atoms with E-state index in [-0.39, 0.29) is 11.3 Å². The van der Waals surface area contributed by atoms with Crippen molar-refractivity contribution in [1.82, 2.24) is 0 Å². The summed E-state index contributed by atoms with van der Waals surface area (Å²) in [7, 11) is 0. The molecule has 0 atom stereocenters. The third kappa shape index (κ3) is 2.95. The van der Waals surface area contributed by atoms with E-state index in [4.69, 9.17) is 16.7 Å². The Hall–Kier alpha value is -2.40. The number of nitro benzene ring substituents is 1. The zero-order valence-electron chi connectivity index (χ0n) is 10.5. The summed E-state index contributed by atoms with van der Waals surface area (Å²) >= 11 is 5.95. The number of rotatable bonds is 3. The number of benzene rings is 2. The molecule has 20 heavy (non-hydrogen) atoms. The molecule has 0 aliphatic carbocycles. The van der Waals surface area contributed by atoms with E-state index in [9.17, 15) is 14.9 Å². The number of aryl methyl sites for hydroxylation is 1. The van der Waals surface area contributed by atoms with Crippen LogP contribution < -0.4 is 0 Å². The second kappa shape index (κ2) is 5.30. The van der Waals surface area contributed by atoms with Crippen LogP contribution in [0.2, 0.25) is 5.02 Å². The van der Waals surface area contributed by atoms with Gasteiger partial charge in [0.05, 0.1) is 10.5 Å². The highest BCUT2D eigenvalue weighted by Gasteiger charge is 2.15. The Kier molecular flexibility index (Phi) is 3.72. The fraction of sp³-hybridized carbons (Fsp3) is 0.0714. The minimum Gasteiger partial charge on any atom is -0.478 e. The molecule has 2 aromatic rings. The van der Waals surface area contributed by atoms with E-state index in [1.165, 1.54) is 12.1 Å². The lowest BCUT2D eigenvalue weighted by atomic mass is 10.0. The molecule has 0 aliphatic rings. The van der Waals surface area contributed by atoms with Gasteiger partial charge in [-0.1, -0.05) is 17.7 Å². The monoisotopic (exact) mass is 291 g/mol. The van der Waals surface area contributed by atoms with Crippen LogP contribution in [0, 0.1) is 17.0 Å². The maximum atomic E-state index is 11.0. The first kappa shape index (κ1) is 14.0. The Bertz CT molecular complexity index is 660. The van der Waals surface area contributed by atoms with Gasteiger partial charge in [-0.15, -0.1) is 0 Å². The molecule has 0 aromatic heterocycles. The summed E-state index contributed by atoms with van der Waals surface area (Å²) in [6, 6.07) is 8.93. The number of non-ortho nitro benzene ring substituents is 1. The predicted octanol–water partition coefficient (Wildman–Crippen LogP) is 3.92. The van der Waals surface area contributed by atoms with Crippen molar-refractivity contribution in [3.8, 4) is 11.1 Å². The van der Waals surface area contributed by atoms with Gasteiger partial charge in [0.25, 0.3) is 5.69 Å². The zero-order valence-corrected chi connectivity index (χ0v) is 11.2. The molecule has 5 nitrogen and oxygen atoms in total. The molecule has 0 spiro atoms. The smallest absolute Gasteiger partial charge is 0.335 e. The van der Waals surface area contributed by atoms with E-state index in [2.05, 4.69) is 0 Å². The van der Waals surface area contributed by atoms with Crippen LogP contribution in [0.5, 0.6) is 0 Å². The molecule has 0 saturated heterocycles. The van der Waals surface area contributed by atoms with Gasteiger partial charge in [-0.25, -0.2) is 4.79 Å². The average molecular weight is 292 g/mol. The van der Waals surface area contributed by atoms with Crippen LogP contribution in [0.4, 0.5) is 5.69 Å². The standard InChI is InChI=1S/C14H10ClNO4/c1-8-2-9(5-12(15)3-8)10-4-11(14(17)18)7-13(6-10)16(19)20/h2-7H,1H3,(H,17,18). The van der Waals surface area contributed by atoms with Gasteiger partial charge >= 0.3 is 5.97 Å². The Balaban J connectivity index is 2.66. The number of hydrogen-bond acceptors (Lipinski definition) is 3. The summed E-state index contributed by atoms with van der Waals surface area (Å²) in [5.41, 5.74) is 1.57. The summed E-state index contributed by atoms with van der Waals surface area (Å²) in [6.45, 7) is 1.84. The number of nitrogens with zero attached hydrogens (tertiary/aromatic N) is 1. The zero-order chi connectivity index (χ0) is 14.9. The van der Waals surface area contributed by atoms with E-state index < -0.39 is 10.9 Å². The predicted molar refractivity (Wildman–Crippen MR) is 75.2 cm³/mol. The molecule has 0 fully saturated rings. The Morgan fingerprint density at radius 1 is 1.15 bits per heavy atom. The quantitative estimate of drug-likeness (QED) is 0.686. The van der Waals surface area contributed by atoms with Crippen LogP contribution in [0.25, 0.3) is 11.1 Å². The Morgan fingerprint density at radius 3 is 2.35 bits per heavy atom. The van der Waals surface area contributed by atoms with E-state index >= 15 is 0 Å². The number of halogens is 1. The van der Waals surface area contributed by atoms with E-state index in [0.29, 0.717) is 16.1 Å². The van der Waals surface area contributed by atoms with Gasteiger partial charge in [-0.3, -0.25) is 10.1 Å². The second-order valence-corrected chi connectivity index (χ2v) is 4.78. The molecule has 6 heteroatoms. The summed E-state index contributed by atoms with van der Waals surface area (Å²) in [6.07, 6.45) is 0. The third-order valence-electron chi connectivity index (χ3n) is 2.75. The van der Waals surface area contributed by atoms with Crippen molar-refractivity contribution in [2.75, 3.05) is 0 Å². The van der Waals surface area contributed by atoms with Crippen LogP contribution in [0.15, 0.2) is 36.4 Å². The minimum absolute atomic E-state index is 0.133. The molecule has 0 unspecified atom stereocenters. The maximum absolute atomic E-state index is 11.0. The second-order valence-electron chi connectivity index (χ2n) is 4.35. The topological polar surface area (TPSA) is 80.4 Å². The molecule has 0 aliphatic heterocycles. The van der Waals surface area contributed by atoms with Gasteiger partial charge in [0.1, 0.15) is 0 Å². The molecule has 2 rings (SSSR count). The van der Waals surface area contributed by atoms with E-state index in [1.807, 2.05) is 6.92 Å². The van der Waals surface area contributed by atoms with Crippen LogP contribution in [0.1, 0.15) is 15.9 Å². The highest BCUT2D eigenvalue weighted by molar-refractivity contribution is 6.31. The fourth-order valence-corrected chi connectivity index (χ4v) is 2.20. The van der Waals surface area contributed by atoms with Gasteiger partial charge in [0.15, 0.2) is 0 Å². The summed E-state index contributed by atoms with van der Waals surface area (Å²) in [5, 5.41) is 20.4. The van der Waals surface area contributed by atoms with E-state index in [1.54, 1.807) is 18.2 Å². The minimum atomic E-state index is -1.21. The number of carboxylic acids is 1. The van der Waals surface area contributed by atoms with Gasteiger partial charge in [-0.2, -0.15) is 0 Å². The Morgan fingerprint density at radius 2 is 1.80 bits per heavy atom. The fourth-order valence-electron chi connectivity index (χ4n) is 1.91. The lowest BCUT2D eigenvalue weighted by Gasteiger charge is -2.06. The van der Waals surface area contributed by atoms with Gasteiger partial charge in [0.2, 0.25) is 0 Å². The van der Waals surface area contributed by atoms with Gasteiger partial charge in [-0.05, 0) is 41.8 Å². The van der Waals surface area contributed by atoms with Crippen molar-refractivity contribution in [1.29, 1.82) is 0 Å². The van der Waals surface area contributed by atoms with Crippen molar-refractivity contribution >= 4 is 23.3 Å². The SMILES string of the molecule is Cc1cc(Cl)cc(-c2cc(C(=O)O)cc([N+](=O)[O-])c2)c1. The number of carbonyl (C=O) groups is 1. The molecule has 0 heterocycles. The van der Waals surface area contributed by atoms with Crippen molar-refractivity contribution in [3.05, 3.63) is 62.7 Å². The Labute approximate surface area is 119 Å². The first-order valence-corrected chi connectivity index (χ1v) is 6.05. The van der Waals surface area contributed by atoms with Crippen LogP contribution >= 0.6 is 11.6 Å². The number of aromatic carboxylic acids is 1. The van der Waals surface area contributed by atoms with Crippen molar-refractivity contribution in [2.24, 2.45) is 0 Å². The van der Waals surface area contributed by atoms with Crippen molar-refractivity contribution in [3.63, 3.8) is 0 Å². The van der Waals surface area contributed by atoms with Crippen LogP contribution in [-0.4, -0.2) is 16.0 Å². The molecule has 0 amide bonds. The molecule has 0 bridgehead atoms. The number of nitro groups is 1. The van der Waals surface area contributed by atoms with Gasteiger partial charge in [0, 0.05) is 17.2 Å². The van der Waals surface area contributed by atoms with Crippen LogP contribution in [0.3, 0.4) is 0 Å². The summed E-state index contributed by atoms with van der Waals surface area (Å²) in [5.74, 6) is -1.21. The van der Waals surface area contributed by atoms with Crippen molar-refractivity contribution in [2.45, 2.75) is 6.92 Å². The highest BCUT2D eigenvalue weighted by atomic mass is 35.5. The first-order valence-electron chi connectivity index (χ1n) is 5.67. The molecule has 0 saturated carbocycles. The molecule has 1 N–H and O–H groups in total. The normalized spacial score (nSPS) is 10.3. The third-order valence-corrected chi connectivity index (χ3v) is 2.97. The number of hydrogen-bond donors (Lipinski definition) is 1. The summed E-state index contributed by atoms with van der Waals surface area (Å²) in [4.78, 5) is 21.3. The van der Waals surface area contributed by atoms with E-state index in [0.717, 1.165) is 11.6 Å². The first-order chi connectivity index (χ1) is 9.36. The summed E-state index contributed by atoms with van der Waals surface area (Å²) < 4.78 is 0. The average Bonchev–Trinajstić information content (AvgIpc) is 2.36. The van der Waals surface area contributed by atoms with Crippen LogP contribution in [-0.2, 0) is 0 Å². The highest BCUT2D eigenvalue weighted by Crippen LogP contribution is 2.29. The molecule has 102 valence electrons. The number of carboxylic acid groups (broad SMARTS) is 1. The lowest BCUT2D eigenvalue weighted by Crippen LogP contribution is -1.99. The maximum Gasteiger partial charge on any atom is 0.335 e. The van der Waals surface area contributed by atoms with Gasteiger partial charge < -0.3 is 5.11 Å².